The van der Waals surface area contributed by atoms with Gasteiger partial charge in [-0.25, -0.2) is 17.7 Å². The number of fused-ring (bicyclic) bond motifs is 1. The molecular formula is C10H13N3O2S2. The van der Waals surface area contributed by atoms with Crippen molar-refractivity contribution in [1.82, 2.24) is 13.7 Å². The van der Waals surface area contributed by atoms with Crippen LogP contribution in [0.3, 0.4) is 0 Å². The zero-order valence-electron chi connectivity index (χ0n) is 9.41. The summed E-state index contributed by atoms with van der Waals surface area (Å²) in [4.78, 5) is 5.54. The van der Waals surface area contributed by atoms with E-state index in [1.54, 1.807) is 17.7 Å². The van der Waals surface area contributed by atoms with Gasteiger partial charge in [0.05, 0.1) is 11.9 Å². The molecule has 0 saturated carbocycles. The molecule has 1 atom stereocenters. The third-order valence-corrected chi connectivity index (χ3v) is 5.35. The molecule has 1 saturated heterocycles. The summed E-state index contributed by atoms with van der Waals surface area (Å²) in [6.45, 7) is 1.16. The molecule has 7 heteroatoms. The van der Waals surface area contributed by atoms with Crippen LogP contribution in [-0.4, -0.2) is 41.5 Å². The molecule has 3 rings (SSSR count). The predicted octanol–water partition coefficient (Wildman–Crippen LogP) is 1.14. The van der Waals surface area contributed by atoms with E-state index in [4.69, 9.17) is 0 Å². The molecule has 1 fully saturated rings. The Balaban J connectivity index is 1.91. The van der Waals surface area contributed by atoms with E-state index in [1.165, 1.54) is 10.6 Å². The third-order valence-electron chi connectivity index (χ3n) is 3.18. The van der Waals surface area contributed by atoms with E-state index in [9.17, 15) is 8.42 Å². The van der Waals surface area contributed by atoms with Crippen LogP contribution in [0.4, 0.5) is 0 Å². The molecule has 0 unspecified atom stereocenters. The molecule has 0 N–H and O–H groups in total. The van der Waals surface area contributed by atoms with Crippen molar-refractivity contribution in [3.05, 3.63) is 23.6 Å². The van der Waals surface area contributed by atoms with Crippen molar-refractivity contribution in [2.75, 3.05) is 19.3 Å². The number of imidazole rings is 1. The van der Waals surface area contributed by atoms with Crippen LogP contribution in [0, 0.1) is 0 Å². The van der Waals surface area contributed by atoms with Crippen molar-refractivity contribution >= 4 is 26.2 Å². The lowest BCUT2D eigenvalue weighted by Crippen LogP contribution is -2.27. The minimum Gasteiger partial charge on any atom is -0.297 e. The lowest BCUT2D eigenvalue weighted by Gasteiger charge is -2.12. The van der Waals surface area contributed by atoms with Crippen molar-refractivity contribution in [3.63, 3.8) is 0 Å². The van der Waals surface area contributed by atoms with Gasteiger partial charge in [0.1, 0.15) is 11.2 Å². The van der Waals surface area contributed by atoms with Gasteiger partial charge in [-0.15, -0.1) is 11.3 Å². The van der Waals surface area contributed by atoms with Gasteiger partial charge in [-0.2, -0.15) is 0 Å². The second kappa shape index (κ2) is 3.79. The van der Waals surface area contributed by atoms with E-state index < -0.39 is 10.0 Å². The van der Waals surface area contributed by atoms with Crippen LogP contribution < -0.4 is 0 Å². The zero-order chi connectivity index (χ0) is 12.0. The first kappa shape index (κ1) is 11.2. The SMILES string of the molecule is CS(=O)(=O)N1CC[C@@H](c2ncn3ccsc23)C1. The van der Waals surface area contributed by atoms with Gasteiger partial charge >= 0.3 is 0 Å². The highest BCUT2D eigenvalue weighted by Crippen LogP contribution is 2.31. The summed E-state index contributed by atoms with van der Waals surface area (Å²) in [5.74, 6) is 0.230. The first-order chi connectivity index (χ1) is 8.05. The second-order valence-electron chi connectivity index (χ2n) is 4.35. The fourth-order valence-corrected chi connectivity index (χ4v) is 4.06. The minimum atomic E-state index is -3.06. The van der Waals surface area contributed by atoms with Crippen LogP contribution in [0.25, 0.3) is 4.83 Å². The summed E-state index contributed by atoms with van der Waals surface area (Å²) in [5.41, 5.74) is 1.03. The first-order valence-electron chi connectivity index (χ1n) is 5.41. The highest BCUT2D eigenvalue weighted by atomic mass is 32.2. The molecule has 0 amide bonds. The molecule has 5 nitrogen and oxygen atoms in total. The minimum absolute atomic E-state index is 0.230. The Morgan fingerprint density at radius 3 is 3.06 bits per heavy atom. The lowest BCUT2D eigenvalue weighted by atomic mass is 10.1. The standard InChI is InChI=1S/C10H13N3O2S2/c1-17(14,15)13-3-2-8(6-13)9-10-12(7-11-9)4-5-16-10/h4-5,7-8H,2-3,6H2,1H3/t8-/m1/s1. The van der Waals surface area contributed by atoms with Crippen LogP contribution in [0.15, 0.2) is 17.9 Å². The number of nitrogens with zero attached hydrogens (tertiary/aromatic N) is 3. The summed E-state index contributed by atoms with van der Waals surface area (Å²) in [7, 11) is -3.06. The number of rotatable bonds is 2. The number of hydrogen-bond donors (Lipinski definition) is 0. The molecule has 0 spiro atoms. The topological polar surface area (TPSA) is 54.7 Å². The first-order valence-corrected chi connectivity index (χ1v) is 8.13. The average Bonchev–Trinajstić information content (AvgIpc) is 2.91. The van der Waals surface area contributed by atoms with E-state index >= 15 is 0 Å². The van der Waals surface area contributed by atoms with Gasteiger partial charge < -0.3 is 0 Å². The summed E-state index contributed by atoms with van der Waals surface area (Å²) in [6, 6.07) is 0. The maximum absolute atomic E-state index is 11.5. The fraction of sp³-hybridized carbons (Fsp3) is 0.500. The van der Waals surface area contributed by atoms with Crippen molar-refractivity contribution < 1.29 is 8.42 Å². The monoisotopic (exact) mass is 271 g/mol. The maximum atomic E-state index is 11.5. The Kier molecular flexibility index (Phi) is 2.49. The summed E-state index contributed by atoms with van der Waals surface area (Å²) in [5, 5.41) is 2.02. The Hall–Kier alpha value is -0.920. The van der Waals surface area contributed by atoms with Crippen molar-refractivity contribution in [2.45, 2.75) is 12.3 Å². The summed E-state index contributed by atoms with van der Waals surface area (Å²) >= 11 is 1.65. The number of hydrogen-bond acceptors (Lipinski definition) is 4. The highest BCUT2D eigenvalue weighted by molar-refractivity contribution is 7.88. The largest absolute Gasteiger partial charge is 0.297 e. The summed E-state index contributed by atoms with van der Waals surface area (Å²) < 4.78 is 26.5. The molecule has 2 aromatic rings. The quantitative estimate of drug-likeness (QED) is 0.823. The molecule has 92 valence electrons. The molecule has 1 aliphatic heterocycles. The van der Waals surface area contributed by atoms with E-state index in [0.29, 0.717) is 13.1 Å². The fourth-order valence-electron chi connectivity index (χ4n) is 2.28. The lowest BCUT2D eigenvalue weighted by molar-refractivity contribution is 0.478. The smallest absolute Gasteiger partial charge is 0.211 e. The molecule has 3 heterocycles. The van der Waals surface area contributed by atoms with Crippen molar-refractivity contribution in [2.24, 2.45) is 0 Å². The number of sulfonamides is 1. The van der Waals surface area contributed by atoms with Gasteiger partial charge in [-0.1, -0.05) is 0 Å². The molecule has 0 bridgehead atoms. The van der Waals surface area contributed by atoms with Crippen LogP contribution in [0.5, 0.6) is 0 Å². The molecule has 0 radical (unpaired) electrons. The van der Waals surface area contributed by atoms with E-state index in [0.717, 1.165) is 16.9 Å². The zero-order valence-corrected chi connectivity index (χ0v) is 11.0. The molecule has 0 aliphatic carbocycles. The van der Waals surface area contributed by atoms with Crippen molar-refractivity contribution in [1.29, 1.82) is 0 Å². The molecule has 2 aromatic heterocycles. The number of aromatic nitrogens is 2. The van der Waals surface area contributed by atoms with Crippen LogP contribution in [0.2, 0.25) is 0 Å². The normalized spacial score (nSPS) is 22.5. The van der Waals surface area contributed by atoms with Gasteiger partial charge in [0.15, 0.2) is 0 Å². The summed E-state index contributed by atoms with van der Waals surface area (Å²) in [6.07, 6.45) is 5.89. The van der Waals surface area contributed by atoms with Gasteiger partial charge in [-0.05, 0) is 6.42 Å². The van der Waals surface area contributed by atoms with Crippen LogP contribution >= 0.6 is 11.3 Å². The number of thiazole rings is 1. The van der Waals surface area contributed by atoms with Crippen molar-refractivity contribution in [3.8, 4) is 0 Å². The second-order valence-corrected chi connectivity index (χ2v) is 7.23. The third kappa shape index (κ3) is 1.88. The van der Waals surface area contributed by atoms with Gasteiger partial charge in [0, 0.05) is 30.6 Å². The van der Waals surface area contributed by atoms with E-state index in [-0.39, 0.29) is 5.92 Å². The highest BCUT2D eigenvalue weighted by Gasteiger charge is 2.31. The predicted molar refractivity (Wildman–Crippen MR) is 66.8 cm³/mol. The molecule has 17 heavy (non-hydrogen) atoms. The van der Waals surface area contributed by atoms with Gasteiger partial charge in [-0.3, -0.25) is 4.40 Å². The molecule has 0 aromatic carbocycles. The molecule has 1 aliphatic rings. The van der Waals surface area contributed by atoms with Gasteiger partial charge in [0.2, 0.25) is 10.0 Å². The van der Waals surface area contributed by atoms with Crippen LogP contribution in [-0.2, 0) is 10.0 Å². The molecular weight excluding hydrogens is 258 g/mol. The van der Waals surface area contributed by atoms with E-state index in [2.05, 4.69) is 4.98 Å². The maximum Gasteiger partial charge on any atom is 0.211 e. The Labute approximate surface area is 104 Å². The average molecular weight is 271 g/mol. The van der Waals surface area contributed by atoms with Crippen LogP contribution in [0.1, 0.15) is 18.0 Å². The van der Waals surface area contributed by atoms with Gasteiger partial charge in [0.25, 0.3) is 0 Å². The Morgan fingerprint density at radius 1 is 1.53 bits per heavy atom. The van der Waals surface area contributed by atoms with E-state index in [1.807, 2.05) is 16.0 Å². The Morgan fingerprint density at radius 2 is 2.35 bits per heavy atom. The Bertz CT molecular complexity index is 643.